The highest BCUT2D eigenvalue weighted by atomic mass is 16.6. The van der Waals surface area contributed by atoms with Gasteiger partial charge in [-0.2, -0.15) is 0 Å². The van der Waals surface area contributed by atoms with Crippen LogP contribution in [0.2, 0.25) is 0 Å². The van der Waals surface area contributed by atoms with Crippen LogP contribution in [0.5, 0.6) is 0 Å². The molecule has 0 saturated heterocycles. The van der Waals surface area contributed by atoms with Gasteiger partial charge in [0.25, 0.3) is 0 Å². The molecule has 1 N–H and O–H groups in total. The van der Waals surface area contributed by atoms with Gasteiger partial charge in [0.15, 0.2) is 0 Å². The maximum atomic E-state index is 13.4. The topological polar surface area (TPSA) is 146 Å². The Morgan fingerprint density at radius 2 is 0.398 bits per heavy atom. The molecule has 0 heterocycles. The molecule has 10 nitrogen and oxygen atoms in total. The van der Waals surface area contributed by atoms with Crippen LogP contribution >= 0.6 is 0 Å². The van der Waals surface area contributed by atoms with Crippen molar-refractivity contribution in [2.75, 3.05) is 26.4 Å². The molecule has 0 unspecified atom stereocenters. The van der Waals surface area contributed by atoms with Gasteiger partial charge in [0, 0.05) is 25.7 Å². The van der Waals surface area contributed by atoms with E-state index in [-0.39, 0.29) is 76.0 Å². The number of ether oxygens (including phenoxy) is 4. The minimum absolute atomic E-state index is 0.182. The Labute approximate surface area is 543 Å². The normalized spacial score (nSPS) is 11.7. The molecule has 10 heteroatoms. The minimum Gasteiger partial charge on any atom is -0.465 e. The molecule has 0 aromatic carbocycles. The summed E-state index contributed by atoms with van der Waals surface area (Å²) in [4.78, 5) is 61.9. The van der Waals surface area contributed by atoms with Crippen molar-refractivity contribution in [1.29, 1.82) is 5.41 Å². The fourth-order valence-corrected chi connectivity index (χ4v) is 10.8. The third-order valence-electron chi connectivity index (χ3n) is 16.7. The van der Waals surface area contributed by atoms with Gasteiger partial charge in [0.05, 0.1) is 0 Å². The third-order valence-corrected chi connectivity index (χ3v) is 16.7. The zero-order valence-electron chi connectivity index (χ0n) is 58.2. The van der Waals surface area contributed by atoms with Crippen LogP contribution in [0.25, 0.3) is 0 Å². The molecule has 0 aliphatic heterocycles. The first kappa shape index (κ1) is 86.3. The second-order valence-corrected chi connectivity index (χ2v) is 25.6. The van der Waals surface area contributed by atoms with Crippen molar-refractivity contribution in [3.63, 3.8) is 0 Å². The van der Waals surface area contributed by atoms with Gasteiger partial charge in [-0.1, -0.05) is 282 Å². The minimum atomic E-state index is -1.23. The molecule has 0 bridgehead atoms. The quantitative estimate of drug-likeness (QED) is 0.0157. The van der Waals surface area contributed by atoms with Gasteiger partial charge in [-0.05, 0) is 128 Å². The molecule has 0 radical (unpaired) electrons. The number of nitrogens with one attached hydrogen (secondary N) is 1. The Morgan fingerprint density at radius 3 is 0.557 bits per heavy atom. The molecule has 88 heavy (non-hydrogen) atoms. The molecule has 0 fully saturated rings. The Kier molecular flexibility index (Phi) is 72.5. The second kappa shape index (κ2) is 74.0. The van der Waals surface area contributed by atoms with E-state index in [1.807, 2.05) is 0 Å². The molecular weight excluding hydrogens is 1090 g/mol. The summed E-state index contributed by atoms with van der Waals surface area (Å²) in [6.45, 7) is 8.32. The van der Waals surface area contributed by atoms with E-state index in [0.717, 1.165) is 160 Å². The number of esters is 4. The van der Waals surface area contributed by atoms with E-state index in [2.05, 4.69) is 76.3 Å². The van der Waals surface area contributed by atoms with E-state index in [9.17, 15) is 19.2 Å². The van der Waals surface area contributed by atoms with Crippen molar-refractivity contribution < 1.29 is 42.9 Å². The standard InChI is InChI=1S/C77H140O8.CHNO/c1-5-9-13-17-21-25-29-33-37-41-45-49-53-57-61-65-73(78)82-69-77(70-83-74(79)66-62-58-54-50-46-42-38-34-30-26-22-18-14-10-6-2,71-84-75(80)67-63-59-55-51-47-43-39-35-31-27-23-19-15-11-7-3)72-85-76(81)68-64-60-56-52-48-44-40-36-32-28-24-20-16-12-8-4;2-1-3/h33-40H,5-32,41-72H2,1-4H3;2H/b37-33-,38-34-,39-35-,40-36-;. The van der Waals surface area contributed by atoms with Crippen molar-refractivity contribution in [2.24, 2.45) is 5.41 Å². The number of carbonyl (C=O) groups is 4. The summed E-state index contributed by atoms with van der Waals surface area (Å²) >= 11 is 0. The molecule has 0 spiro atoms. The summed E-state index contributed by atoms with van der Waals surface area (Å²) in [5.41, 5.74) is -1.23. The van der Waals surface area contributed by atoms with Gasteiger partial charge in [0.2, 0.25) is 6.08 Å². The van der Waals surface area contributed by atoms with Crippen LogP contribution in [0.3, 0.4) is 0 Å². The molecule has 0 aromatic heterocycles. The van der Waals surface area contributed by atoms with E-state index in [0.29, 0.717) is 0 Å². The Hall–Kier alpha value is -3.78. The number of allylic oxidation sites excluding steroid dienone is 8. The number of carbonyl (C=O) groups excluding carboxylic acids is 5. The lowest BCUT2D eigenvalue weighted by Gasteiger charge is -2.31. The summed E-state index contributed by atoms with van der Waals surface area (Å²) < 4.78 is 23.8. The van der Waals surface area contributed by atoms with Crippen LogP contribution in [0.4, 0.5) is 0 Å². The zero-order valence-corrected chi connectivity index (χ0v) is 58.2. The SMILES string of the molecule is CCCCCCCC/C=C\CCCCCCCC(=O)OCC(COC(=O)CCCCCCC/C=C\CCCCCCCC)(COC(=O)CCCCCCC/C=C\CCCCCCCC)COC(=O)CCCCCCC/C=C\CCCCCCCC.N=C=O. The predicted octanol–water partition coefficient (Wildman–Crippen LogP) is 24.2. The largest absolute Gasteiger partial charge is 0.465 e. The number of hydrogen-bond donors (Lipinski definition) is 1. The van der Waals surface area contributed by atoms with E-state index >= 15 is 0 Å². The van der Waals surface area contributed by atoms with Crippen molar-refractivity contribution >= 4 is 30.0 Å². The number of isocyanates is 1. The highest BCUT2D eigenvalue weighted by Gasteiger charge is 2.38. The van der Waals surface area contributed by atoms with Crippen LogP contribution in [0.15, 0.2) is 48.6 Å². The van der Waals surface area contributed by atoms with E-state index in [4.69, 9.17) is 29.2 Å². The molecule has 0 saturated carbocycles. The highest BCUT2D eigenvalue weighted by molar-refractivity contribution is 5.71. The summed E-state index contributed by atoms with van der Waals surface area (Å²) in [6, 6.07) is 0. The Morgan fingerprint density at radius 1 is 0.261 bits per heavy atom. The fourth-order valence-electron chi connectivity index (χ4n) is 10.8. The van der Waals surface area contributed by atoms with Crippen molar-refractivity contribution in [2.45, 2.75) is 387 Å². The average Bonchev–Trinajstić information content (AvgIpc) is 3.54. The number of hydrogen-bond acceptors (Lipinski definition) is 10. The first-order valence-electron chi connectivity index (χ1n) is 37.5. The van der Waals surface area contributed by atoms with Gasteiger partial charge in [-0.15, -0.1) is 0 Å². The smallest absolute Gasteiger partial charge is 0.305 e. The molecule has 0 aliphatic rings. The maximum Gasteiger partial charge on any atom is 0.305 e. The number of rotatable bonds is 68. The van der Waals surface area contributed by atoms with Crippen LogP contribution in [-0.4, -0.2) is 56.4 Å². The Bertz CT molecular complexity index is 1430. The zero-order chi connectivity index (χ0) is 64.4. The van der Waals surface area contributed by atoms with Crippen LogP contribution in [0.1, 0.15) is 387 Å². The monoisotopic (exact) mass is 1240 g/mol. The van der Waals surface area contributed by atoms with Crippen LogP contribution in [-0.2, 0) is 42.9 Å². The summed E-state index contributed by atoms with van der Waals surface area (Å²) in [6.07, 6.45) is 81.6. The summed E-state index contributed by atoms with van der Waals surface area (Å²) in [7, 11) is 0. The highest BCUT2D eigenvalue weighted by Crippen LogP contribution is 2.25. The Balaban J connectivity index is 0. The van der Waals surface area contributed by atoms with Crippen molar-refractivity contribution in [1.82, 2.24) is 0 Å². The van der Waals surface area contributed by atoms with Crippen LogP contribution < -0.4 is 0 Å². The van der Waals surface area contributed by atoms with E-state index in [1.165, 1.54) is 180 Å². The first-order valence-corrected chi connectivity index (χ1v) is 37.5. The van der Waals surface area contributed by atoms with Crippen LogP contribution in [0, 0.1) is 10.8 Å². The third kappa shape index (κ3) is 69.7. The van der Waals surface area contributed by atoms with Gasteiger partial charge < -0.3 is 18.9 Å². The lowest BCUT2D eigenvalue weighted by Crippen LogP contribution is -2.44. The lowest BCUT2D eigenvalue weighted by atomic mass is 9.92. The molecule has 0 amide bonds. The average molecular weight is 1240 g/mol. The fraction of sp³-hybridized carbons (Fsp3) is 0.833. The number of unbranched alkanes of at least 4 members (excludes halogenated alkanes) is 44. The van der Waals surface area contributed by atoms with Crippen molar-refractivity contribution in [3.05, 3.63) is 48.6 Å². The molecular formula is C78H141NO9. The van der Waals surface area contributed by atoms with Crippen molar-refractivity contribution in [3.8, 4) is 0 Å². The van der Waals surface area contributed by atoms with Gasteiger partial charge in [-0.25, -0.2) is 10.2 Å². The van der Waals surface area contributed by atoms with Gasteiger partial charge in [0.1, 0.15) is 31.8 Å². The molecule has 0 atom stereocenters. The first-order chi connectivity index (χ1) is 43.2. The maximum absolute atomic E-state index is 13.4. The summed E-state index contributed by atoms with van der Waals surface area (Å²) in [5, 5.41) is 5.40. The van der Waals surface area contributed by atoms with Gasteiger partial charge in [-0.3, -0.25) is 19.2 Å². The second-order valence-electron chi connectivity index (χ2n) is 25.6. The summed E-state index contributed by atoms with van der Waals surface area (Å²) in [5.74, 6) is -1.39. The molecule has 0 rings (SSSR count). The lowest BCUT2D eigenvalue weighted by molar-refractivity contribution is -0.170. The predicted molar refractivity (Wildman–Crippen MR) is 372 cm³/mol. The molecule has 512 valence electrons. The van der Waals surface area contributed by atoms with Gasteiger partial charge >= 0.3 is 23.9 Å². The molecule has 0 aliphatic carbocycles. The van der Waals surface area contributed by atoms with E-state index < -0.39 is 5.41 Å². The van der Waals surface area contributed by atoms with E-state index in [1.54, 1.807) is 0 Å². The molecule has 0 aromatic rings.